The Kier molecular flexibility index (Phi) is 13.7. The lowest BCUT2D eigenvalue weighted by molar-refractivity contribution is -0.119. The van der Waals surface area contributed by atoms with Gasteiger partial charge in [-0.25, -0.2) is 18.8 Å². The van der Waals surface area contributed by atoms with Crippen molar-refractivity contribution in [2.75, 3.05) is 13.3 Å². The molecule has 2 aromatic rings. The molecule has 2 saturated carbocycles. The quantitative estimate of drug-likeness (QED) is 0.160. The predicted octanol–water partition coefficient (Wildman–Crippen LogP) is 7.14. The van der Waals surface area contributed by atoms with Gasteiger partial charge in [-0.2, -0.15) is 0 Å². The van der Waals surface area contributed by atoms with Gasteiger partial charge in [-0.15, -0.1) is 11.8 Å². The van der Waals surface area contributed by atoms with Crippen LogP contribution in [0.1, 0.15) is 70.2 Å². The minimum atomic E-state index is -2.77. The molecular formula is C30H41ClF2N4O3S. The number of hydrogen-bond acceptors (Lipinski definition) is 7. The van der Waals surface area contributed by atoms with Crippen LogP contribution in [0.15, 0.2) is 46.4 Å². The van der Waals surface area contributed by atoms with Crippen molar-refractivity contribution in [2.24, 2.45) is 10.9 Å². The zero-order valence-electron chi connectivity index (χ0n) is 24.5. The number of carbonyl (C=O) groups excluding carboxylic acids is 2. The number of alkyl halides is 2. The highest BCUT2D eigenvalue weighted by Crippen LogP contribution is 2.41. The Morgan fingerprint density at radius 1 is 1.29 bits per heavy atom. The van der Waals surface area contributed by atoms with Gasteiger partial charge in [0.05, 0.1) is 16.5 Å². The summed E-state index contributed by atoms with van der Waals surface area (Å²) in [5.74, 6) is -1.38. The van der Waals surface area contributed by atoms with Gasteiger partial charge in [0.15, 0.2) is 17.7 Å². The standard InChI is InChI=1S/C17H22F2N4O.C11H13ClO2S.C2H6/c1-20-13(11-3-2-4-11)7-8-21-15-6-5-12(10-22-15)16(24)23-14-9-17(14,18)19;1-11(2,7-13)14-9-5-4-8(12)6-10(9)15-3;1-2/h5-6,8,10-11,13-14,20H,2-4,7,9H2,1H3,(H,23,24);4-7H,1-3H3;1-2H3. The monoisotopic (exact) mass is 610 g/mol. The second-order valence-corrected chi connectivity index (χ2v) is 11.4. The number of hydrogen-bond donors (Lipinski definition) is 2. The molecule has 4 rings (SSSR count). The number of benzene rings is 1. The van der Waals surface area contributed by atoms with E-state index in [1.807, 2.05) is 39.4 Å². The molecule has 11 heteroatoms. The lowest BCUT2D eigenvalue weighted by Crippen LogP contribution is -2.37. The third kappa shape index (κ3) is 11.0. The number of amides is 1. The first kappa shape index (κ1) is 34.6. The van der Waals surface area contributed by atoms with E-state index < -0.39 is 23.5 Å². The first-order chi connectivity index (χ1) is 19.5. The third-order valence-corrected chi connectivity index (χ3v) is 7.59. The molecule has 0 radical (unpaired) electrons. The van der Waals surface area contributed by atoms with Crippen molar-refractivity contribution < 1.29 is 23.1 Å². The van der Waals surface area contributed by atoms with Gasteiger partial charge in [-0.3, -0.25) is 9.59 Å². The summed E-state index contributed by atoms with van der Waals surface area (Å²) in [6, 6.07) is 7.91. The average molecular weight is 611 g/mol. The SMILES string of the molecule is CC.CNC(CC=Nc1ccc(C(=O)NC2CC2(F)F)cn1)C1CCC1.CSc1cc(Cl)ccc1OC(C)(C)C=O. The van der Waals surface area contributed by atoms with Gasteiger partial charge in [0.1, 0.15) is 5.75 Å². The number of aromatic nitrogens is 1. The van der Waals surface area contributed by atoms with E-state index in [0.29, 0.717) is 22.6 Å². The Balaban J connectivity index is 0.000000298. The fraction of sp³-hybridized carbons (Fsp3) is 0.533. The van der Waals surface area contributed by atoms with Gasteiger partial charge in [0, 0.05) is 29.9 Å². The number of rotatable bonds is 11. The van der Waals surface area contributed by atoms with Gasteiger partial charge in [0.25, 0.3) is 11.8 Å². The molecule has 2 aliphatic rings. The number of nitrogens with zero attached hydrogens (tertiary/aromatic N) is 2. The van der Waals surface area contributed by atoms with Gasteiger partial charge in [-0.1, -0.05) is 31.9 Å². The fourth-order valence-electron chi connectivity index (χ4n) is 3.89. The summed E-state index contributed by atoms with van der Waals surface area (Å²) < 4.78 is 31.2. The van der Waals surface area contributed by atoms with Crippen molar-refractivity contribution in [1.29, 1.82) is 0 Å². The molecule has 226 valence electrons. The number of halogens is 3. The van der Waals surface area contributed by atoms with E-state index in [4.69, 9.17) is 16.3 Å². The molecule has 7 nitrogen and oxygen atoms in total. The number of pyridine rings is 1. The van der Waals surface area contributed by atoms with Gasteiger partial charge >= 0.3 is 0 Å². The fourth-order valence-corrected chi connectivity index (χ4v) is 4.68. The zero-order chi connectivity index (χ0) is 30.6. The average Bonchev–Trinajstić information content (AvgIpc) is 3.54. The van der Waals surface area contributed by atoms with Crippen LogP contribution in [-0.2, 0) is 4.79 Å². The third-order valence-electron chi connectivity index (χ3n) is 6.60. The molecule has 2 aliphatic carbocycles. The second kappa shape index (κ2) is 16.2. The molecule has 2 unspecified atom stereocenters. The summed E-state index contributed by atoms with van der Waals surface area (Å²) in [6.07, 6.45) is 10.3. The van der Waals surface area contributed by atoms with Crippen LogP contribution in [0.25, 0.3) is 0 Å². The smallest absolute Gasteiger partial charge is 0.270 e. The number of aliphatic imine (C=N–C) groups is 1. The van der Waals surface area contributed by atoms with E-state index in [0.717, 1.165) is 23.5 Å². The maximum absolute atomic E-state index is 12.8. The Bertz CT molecular complexity index is 1160. The van der Waals surface area contributed by atoms with E-state index in [1.54, 1.807) is 38.1 Å². The molecule has 1 aromatic carbocycles. The van der Waals surface area contributed by atoms with Crippen LogP contribution in [0, 0.1) is 5.92 Å². The normalized spacial score (nSPS) is 18.1. The maximum atomic E-state index is 12.8. The van der Waals surface area contributed by atoms with Crippen molar-refractivity contribution in [3.8, 4) is 5.75 Å². The van der Waals surface area contributed by atoms with E-state index in [-0.39, 0.29) is 12.0 Å². The molecule has 1 aromatic heterocycles. The number of nitrogens with one attached hydrogen (secondary N) is 2. The molecule has 0 bridgehead atoms. The van der Waals surface area contributed by atoms with Crippen molar-refractivity contribution in [1.82, 2.24) is 15.6 Å². The summed E-state index contributed by atoms with van der Waals surface area (Å²) in [5.41, 5.74) is -0.544. The highest BCUT2D eigenvalue weighted by atomic mass is 35.5. The topological polar surface area (TPSA) is 92.7 Å². The van der Waals surface area contributed by atoms with Gasteiger partial charge < -0.3 is 15.4 Å². The Labute approximate surface area is 251 Å². The number of thioether (sulfide) groups is 1. The van der Waals surface area contributed by atoms with E-state index in [2.05, 4.69) is 20.6 Å². The molecule has 2 fully saturated rings. The lowest BCUT2D eigenvalue weighted by Gasteiger charge is -2.32. The Hall–Kier alpha value is -2.56. The first-order valence-corrected chi connectivity index (χ1v) is 15.4. The molecule has 0 spiro atoms. The largest absolute Gasteiger partial charge is 0.479 e. The highest BCUT2D eigenvalue weighted by molar-refractivity contribution is 7.98. The van der Waals surface area contributed by atoms with Crippen LogP contribution in [0.2, 0.25) is 5.02 Å². The van der Waals surface area contributed by atoms with Crippen LogP contribution in [0.3, 0.4) is 0 Å². The Morgan fingerprint density at radius 2 is 1.98 bits per heavy atom. The van der Waals surface area contributed by atoms with Gasteiger partial charge in [0.2, 0.25) is 0 Å². The summed E-state index contributed by atoms with van der Waals surface area (Å²) >= 11 is 7.40. The highest BCUT2D eigenvalue weighted by Gasteiger charge is 2.57. The van der Waals surface area contributed by atoms with Crippen LogP contribution < -0.4 is 15.4 Å². The van der Waals surface area contributed by atoms with E-state index in [1.165, 1.54) is 37.2 Å². The molecule has 1 amide bonds. The number of aldehydes is 1. The second-order valence-electron chi connectivity index (χ2n) is 10.1. The van der Waals surface area contributed by atoms with Crippen LogP contribution in [0.5, 0.6) is 5.75 Å². The summed E-state index contributed by atoms with van der Waals surface area (Å²) in [4.78, 5) is 31.9. The van der Waals surface area contributed by atoms with Crippen molar-refractivity contribution in [2.45, 2.75) is 88.3 Å². The van der Waals surface area contributed by atoms with Crippen LogP contribution >= 0.6 is 23.4 Å². The van der Waals surface area contributed by atoms with Crippen LogP contribution in [0.4, 0.5) is 14.6 Å². The molecule has 41 heavy (non-hydrogen) atoms. The summed E-state index contributed by atoms with van der Waals surface area (Å²) in [7, 11) is 1.96. The molecule has 2 N–H and O–H groups in total. The Morgan fingerprint density at radius 3 is 2.46 bits per heavy atom. The summed E-state index contributed by atoms with van der Waals surface area (Å²) in [6.45, 7) is 7.44. The summed E-state index contributed by atoms with van der Waals surface area (Å²) in [5, 5.41) is 6.28. The molecule has 1 heterocycles. The maximum Gasteiger partial charge on any atom is 0.270 e. The molecular weight excluding hydrogens is 570 g/mol. The van der Waals surface area contributed by atoms with Crippen molar-refractivity contribution >= 4 is 47.6 Å². The van der Waals surface area contributed by atoms with Crippen molar-refractivity contribution in [3.63, 3.8) is 0 Å². The van der Waals surface area contributed by atoms with E-state index in [9.17, 15) is 18.4 Å². The van der Waals surface area contributed by atoms with Crippen LogP contribution in [-0.4, -0.2) is 60.3 Å². The minimum Gasteiger partial charge on any atom is -0.479 e. The minimum absolute atomic E-state index is 0.263. The predicted molar refractivity (Wildman–Crippen MR) is 163 cm³/mol. The molecule has 0 saturated heterocycles. The zero-order valence-corrected chi connectivity index (χ0v) is 26.1. The van der Waals surface area contributed by atoms with Crippen molar-refractivity contribution in [3.05, 3.63) is 47.1 Å². The molecule has 2 atom stereocenters. The first-order valence-electron chi connectivity index (χ1n) is 13.8. The molecule has 0 aliphatic heterocycles. The van der Waals surface area contributed by atoms with Gasteiger partial charge in [-0.05, 0) is 82.7 Å². The lowest BCUT2D eigenvalue weighted by atomic mass is 9.79. The number of ether oxygens (including phenoxy) is 1. The number of carbonyl (C=O) groups is 2. The van der Waals surface area contributed by atoms with E-state index >= 15 is 0 Å².